The monoisotopic (exact) mass is 444 g/mol. The van der Waals surface area contributed by atoms with Crippen molar-refractivity contribution in [2.24, 2.45) is 10.1 Å². The molecule has 0 aliphatic carbocycles. The summed E-state index contributed by atoms with van der Waals surface area (Å²) in [6.45, 7) is 2.49. The number of nitrogens with zero attached hydrogens (tertiary/aromatic N) is 3. The first-order valence-corrected chi connectivity index (χ1v) is 10.5. The summed E-state index contributed by atoms with van der Waals surface area (Å²) in [5.74, 6) is 0.544. The molecular weight excluding hydrogens is 428 g/mol. The number of carbonyl (C=O) groups excluding carboxylic acids is 1. The van der Waals surface area contributed by atoms with E-state index in [2.05, 4.69) is 26.3 Å². The highest BCUT2D eigenvalue weighted by molar-refractivity contribution is 9.10. The number of fused-ring (bicyclic) bond motifs is 2. The van der Waals surface area contributed by atoms with Crippen LogP contribution in [0.15, 0.2) is 57.0 Å². The fourth-order valence-corrected chi connectivity index (χ4v) is 3.85. The van der Waals surface area contributed by atoms with Gasteiger partial charge in [-0.2, -0.15) is 0 Å². The van der Waals surface area contributed by atoms with Crippen LogP contribution in [-0.2, 0) is 4.79 Å². The Bertz CT molecular complexity index is 1070. The van der Waals surface area contributed by atoms with Gasteiger partial charge in [0.15, 0.2) is 11.3 Å². The third kappa shape index (κ3) is 3.23. The maximum absolute atomic E-state index is 12.9. The summed E-state index contributed by atoms with van der Waals surface area (Å²) in [4.78, 5) is 17.8. The molecule has 0 aromatic heterocycles. The van der Waals surface area contributed by atoms with Crippen molar-refractivity contribution in [3.8, 4) is 5.75 Å². The minimum absolute atomic E-state index is 0.192. The van der Waals surface area contributed by atoms with Crippen LogP contribution >= 0.6 is 27.7 Å². The fraction of sp³-hybridized carbons (Fsp3) is 0.211. The molecule has 0 saturated carbocycles. The summed E-state index contributed by atoms with van der Waals surface area (Å²) < 4.78 is 6.68. The number of para-hydroxylation sites is 1. The van der Waals surface area contributed by atoms with Gasteiger partial charge < -0.3 is 4.74 Å². The van der Waals surface area contributed by atoms with Gasteiger partial charge in [-0.25, -0.2) is 5.01 Å². The van der Waals surface area contributed by atoms with Crippen molar-refractivity contribution in [1.82, 2.24) is 10.3 Å². The van der Waals surface area contributed by atoms with Crippen molar-refractivity contribution < 1.29 is 9.53 Å². The van der Waals surface area contributed by atoms with Crippen molar-refractivity contribution in [3.63, 3.8) is 0 Å². The Hall–Kier alpha value is -2.32. The number of benzene rings is 2. The van der Waals surface area contributed by atoms with Crippen LogP contribution in [0.5, 0.6) is 5.75 Å². The zero-order valence-corrected chi connectivity index (χ0v) is 17.2. The molecule has 0 bridgehead atoms. The van der Waals surface area contributed by atoms with Gasteiger partial charge in [-0.05, 0) is 37.4 Å². The topological polar surface area (TPSA) is 66.3 Å². The van der Waals surface area contributed by atoms with Crippen molar-refractivity contribution in [2.45, 2.75) is 13.1 Å². The molecule has 138 valence electrons. The molecule has 27 heavy (non-hydrogen) atoms. The Morgan fingerprint density at radius 3 is 2.89 bits per heavy atom. The summed E-state index contributed by atoms with van der Waals surface area (Å²) in [5, 5.41) is 11.2. The van der Waals surface area contributed by atoms with E-state index < -0.39 is 6.17 Å². The van der Waals surface area contributed by atoms with Crippen LogP contribution in [0.2, 0.25) is 0 Å². The predicted octanol–water partition coefficient (Wildman–Crippen LogP) is 2.35. The van der Waals surface area contributed by atoms with Crippen molar-refractivity contribution >= 4 is 44.5 Å². The van der Waals surface area contributed by atoms with Crippen LogP contribution in [-0.4, -0.2) is 28.9 Å². The minimum Gasteiger partial charge on any atom is -0.493 e. The van der Waals surface area contributed by atoms with Gasteiger partial charge in [0.25, 0.3) is 5.91 Å². The van der Waals surface area contributed by atoms with Crippen LogP contribution in [0.25, 0.3) is 5.70 Å². The van der Waals surface area contributed by atoms with E-state index in [9.17, 15) is 4.79 Å². The van der Waals surface area contributed by atoms with Crippen molar-refractivity contribution in [3.05, 3.63) is 63.1 Å². The second kappa shape index (κ2) is 7.36. The van der Waals surface area contributed by atoms with Crippen molar-refractivity contribution in [1.29, 1.82) is 0 Å². The van der Waals surface area contributed by atoms with E-state index >= 15 is 0 Å². The van der Waals surface area contributed by atoms with Gasteiger partial charge in [0.05, 0.1) is 12.0 Å². The number of hydrogen-bond donors (Lipinski definition) is 1. The van der Waals surface area contributed by atoms with Gasteiger partial charge in [-0.3, -0.25) is 15.1 Å². The maximum atomic E-state index is 12.9. The fourth-order valence-electron chi connectivity index (χ4n) is 3.13. The average Bonchev–Trinajstić information content (AvgIpc) is 2.67. The quantitative estimate of drug-likeness (QED) is 0.788. The minimum atomic E-state index is -0.482. The molecule has 0 unspecified atom stereocenters. The van der Waals surface area contributed by atoms with Gasteiger partial charge in [0, 0.05) is 15.3 Å². The molecule has 2 aliphatic rings. The Balaban J connectivity index is 1.99. The number of rotatable bonds is 3. The number of amidine groups is 1. The standard InChI is InChI=1S/C19H17BrN4O2S/c1-3-26-15-7-5-4-6-12(15)17-21-14-9-8-11(20)10-13(14)16-18(25)22-19(27-2)23-24(16)17/h4-10,17H,3H2,1-2H3,(H,22,23,25)/t17-/m1/s1. The summed E-state index contributed by atoms with van der Waals surface area (Å²) in [6, 6.07) is 13.4. The zero-order valence-electron chi connectivity index (χ0n) is 14.8. The molecule has 6 nitrogen and oxygen atoms in total. The smallest absolute Gasteiger partial charge is 0.276 e. The number of hydrogen-bond acceptors (Lipinski definition) is 6. The molecular formula is C19H17BrN4O2S. The Morgan fingerprint density at radius 1 is 1.30 bits per heavy atom. The second-order valence-corrected chi connectivity index (χ2v) is 7.60. The summed E-state index contributed by atoms with van der Waals surface area (Å²) in [6.07, 6.45) is 1.39. The van der Waals surface area contributed by atoms with Gasteiger partial charge in [-0.15, -0.1) is 5.10 Å². The molecule has 4 rings (SSSR count). The second-order valence-electron chi connectivity index (χ2n) is 5.89. The number of thioether (sulfide) groups is 1. The van der Waals surface area contributed by atoms with E-state index in [1.54, 1.807) is 5.01 Å². The number of hydrazone groups is 1. The molecule has 1 N–H and O–H groups in total. The lowest BCUT2D eigenvalue weighted by molar-refractivity contribution is -0.116. The molecule has 0 saturated heterocycles. The van der Waals surface area contributed by atoms with Gasteiger partial charge in [0.1, 0.15) is 11.4 Å². The average molecular weight is 445 g/mol. The first kappa shape index (κ1) is 18.1. The summed E-state index contributed by atoms with van der Waals surface area (Å²) in [7, 11) is 0. The van der Waals surface area contributed by atoms with Crippen LogP contribution in [0, 0.1) is 0 Å². The third-order valence-electron chi connectivity index (χ3n) is 4.26. The van der Waals surface area contributed by atoms with Gasteiger partial charge in [0.2, 0.25) is 0 Å². The molecule has 0 spiro atoms. The molecule has 1 atom stereocenters. The number of amides is 1. The lowest BCUT2D eigenvalue weighted by Gasteiger charge is -2.34. The van der Waals surface area contributed by atoms with E-state index in [1.807, 2.05) is 55.6 Å². The van der Waals surface area contributed by atoms with Gasteiger partial charge in [-0.1, -0.05) is 45.9 Å². The van der Waals surface area contributed by atoms with E-state index in [0.717, 1.165) is 26.4 Å². The van der Waals surface area contributed by atoms with E-state index in [0.29, 0.717) is 17.5 Å². The predicted molar refractivity (Wildman–Crippen MR) is 110 cm³/mol. The SMILES string of the molecule is CCOc1ccccc1[C@@H]1N=c2ccc(Br)cc2=C2C(=O)NC(SC)=NN21. The molecule has 1 amide bonds. The normalized spacial score (nSPS) is 18.1. The van der Waals surface area contributed by atoms with Crippen LogP contribution in [0.1, 0.15) is 18.7 Å². The first-order valence-electron chi connectivity index (χ1n) is 8.45. The number of halogens is 1. The lowest BCUT2D eigenvalue weighted by Crippen LogP contribution is -2.50. The summed E-state index contributed by atoms with van der Waals surface area (Å²) >= 11 is 4.86. The van der Waals surface area contributed by atoms with Crippen LogP contribution in [0.4, 0.5) is 0 Å². The molecule has 2 aromatic rings. The summed E-state index contributed by atoms with van der Waals surface area (Å²) in [5.41, 5.74) is 1.35. The first-order chi connectivity index (χ1) is 13.1. The Labute approximate surface area is 169 Å². The highest BCUT2D eigenvalue weighted by Gasteiger charge is 2.35. The zero-order chi connectivity index (χ0) is 19.0. The number of carbonyl (C=O) groups is 1. The largest absolute Gasteiger partial charge is 0.493 e. The van der Waals surface area contributed by atoms with Crippen molar-refractivity contribution in [2.75, 3.05) is 12.9 Å². The number of ether oxygens (including phenoxy) is 1. The van der Waals surface area contributed by atoms with E-state index in [1.165, 1.54) is 11.8 Å². The third-order valence-corrected chi connectivity index (χ3v) is 5.32. The number of nitrogens with one attached hydrogen (secondary N) is 1. The highest BCUT2D eigenvalue weighted by Crippen LogP contribution is 2.35. The van der Waals surface area contributed by atoms with Crippen LogP contribution < -0.4 is 20.6 Å². The highest BCUT2D eigenvalue weighted by atomic mass is 79.9. The molecule has 2 aliphatic heterocycles. The molecule has 0 radical (unpaired) electrons. The molecule has 2 aromatic carbocycles. The van der Waals surface area contributed by atoms with E-state index in [4.69, 9.17) is 9.73 Å². The lowest BCUT2D eigenvalue weighted by atomic mass is 10.1. The molecule has 0 fully saturated rings. The molecule has 8 heteroatoms. The Kier molecular flexibility index (Phi) is 4.92. The molecule has 2 heterocycles. The van der Waals surface area contributed by atoms with E-state index in [-0.39, 0.29) is 5.91 Å². The van der Waals surface area contributed by atoms with Gasteiger partial charge >= 0.3 is 0 Å². The maximum Gasteiger partial charge on any atom is 0.276 e. The van der Waals surface area contributed by atoms with Crippen LogP contribution in [0.3, 0.4) is 0 Å². The Morgan fingerprint density at radius 2 is 2.11 bits per heavy atom.